The standard InChI is InChI=1S/C23H30N4O5S/c1-15-11-16(13-24)3-4-18(15)17-5-9-26(10-6-17)22(29)20-19(21(28)25-30)12-23(7-8-23)14-27(20)33(2,31)32/h3-4,11,17,19-20,30H,5-10,12,14H2,1-2H3,(H,25,28). The van der Waals surface area contributed by atoms with Crippen molar-refractivity contribution in [2.75, 3.05) is 25.9 Å². The Labute approximate surface area is 194 Å². The zero-order valence-electron chi connectivity index (χ0n) is 19.0. The number of nitriles is 1. The van der Waals surface area contributed by atoms with Crippen LogP contribution in [0.5, 0.6) is 0 Å². The number of carbonyl (C=O) groups is 2. The molecule has 0 radical (unpaired) electrons. The minimum atomic E-state index is -3.73. The van der Waals surface area contributed by atoms with E-state index >= 15 is 0 Å². The number of amides is 2. The summed E-state index contributed by atoms with van der Waals surface area (Å²) in [5, 5.41) is 18.4. The first-order chi connectivity index (χ1) is 15.6. The summed E-state index contributed by atoms with van der Waals surface area (Å²) in [4.78, 5) is 27.7. The largest absolute Gasteiger partial charge is 0.341 e. The van der Waals surface area contributed by atoms with Crippen LogP contribution in [0.25, 0.3) is 0 Å². The van der Waals surface area contributed by atoms with Crippen molar-refractivity contribution >= 4 is 21.8 Å². The van der Waals surface area contributed by atoms with Crippen LogP contribution >= 0.6 is 0 Å². The first-order valence-electron chi connectivity index (χ1n) is 11.3. The Kier molecular flexibility index (Phi) is 6.24. The fourth-order valence-electron chi connectivity index (χ4n) is 5.55. The molecule has 1 spiro atoms. The Morgan fingerprint density at radius 1 is 1.24 bits per heavy atom. The lowest BCUT2D eigenvalue weighted by Crippen LogP contribution is -2.62. The number of piperidine rings is 2. The van der Waals surface area contributed by atoms with Crippen molar-refractivity contribution in [2.24, 2.45) is 11.3 Å². The number of carbonyl (C=O) groups excluding carboxylic acids is 2. The van der Waals surface area contributed by atoms with Crippen LogP contribution in [-0.2, 0) is 19.6 Å². The molecule has 1 saturated carbocycles. The third-order valence-electron chi connectivity index (χ3n) is 7.56. The molecule has 178 valence electrons. The number of benzene rings is 1. The van der Waals surface area contributed by atoms with Gasteiger partial charge in [-0.2, -0.15) is 9.57 Å². The zero-order chi connectivity index (χ0) is 24.0. The number of nitrogens with one attached hydrogen (secondary N) is 1. The molecule has 2 amide bonds. The Balaban J connectivity index is 1.53. The van der Waals surface area contributed by atoms with Crippen molar-refractivity contribution < 1.29 is 23.2 Å². The molecule has 2 saturated heterocycles. The van der Waals surface area contributed by atoms with E-state index in [1.807, 2.05) is 19.1 Å². The van der Waals surface area contributed by atoms with Crippen LogP contribution in [0, 0.1) is 29.6 Å². The Morgan fingerprint density at radius 2 is 1.91 bits per heavy atom. The maximum Gasteiger partial charge on any atom is 0.248 e. The lowest BCUT2D eigenvalue weighted by Gasteiger charge is -2.44. The van der Waals surface area contributed by atoms with Gasteiger partial charge in [-0.05, 0) is 73.6 Å². The fourth-order valence-corrected chi connectivity index (χ4v) is 6.71. The van der Waals surface area contributed by atoms with Crippen LogP contribution in [0.15, 0.2) is 18.2 Å². The smallest absolute Gasteiger partial charge is 0.248 e. The predicted molar refractivity (Wildman–Crippen MR) is 119 cm³/mol. The first kappa shape index (κ1) is 23.7. The minimum Gasteiger partial charge on any atom is -0.341 e. The van der Waals surface area contributed by atoms with E-state index in [-0.39, 0.29) is 23.8 Å². The molecular formula is C23H30N4O5S. The number of hydrogen-bond donors (Lipinski definition) is 2. The first-order valence-corrected chi connectivity index (χ1v) is 13.1. The summed E-state index contributed by atoms with van der Waals surface area (Å²) in [6, 6.07) is 6.64. The summed E-state index contributed by atoms with van der Waals surface area (Å²) in [5.74, 6) is -1.77. The lowest BCUT2D eigenvalue weighted by molar-refractivity contribution is -0.148. The topological polar surface area (TPSA) is 131 Å². The molecule has 0 aromatic heterocycles. The van der Waals surface area contributed by atoms with Gasteiger partial charge in [-0.25, -0.2) is 13.9 Å². The second-order valence-electron chi connectivity index (χ2n) is 9.82. The third kappa shape index (κ3) is 4.63. The van der Waals surface area contributed by atoms with Crippen molar-refractivity contribution in [3.8, 4) is 6.07 Å². The number of nitrogens with zero attached hydrogens (tertiary/aromatic N) is 3. The van der Waals surface area contributed by atoms with E-state index in [9.17, 15) is 23.2 Å². The van der Waals surface area contributed by atoms with E-state index in [1.54, 1.807) is 16.4 Å². The molecule has 2 unspecified atom stereocenters. The fraction of sp³-hybridized carbons (Fsp3) is 0.609. The van der Waals surface area contributed by atoms with Crippen LogP contribution in [0.3, 0.4) is 0 Å². The number of aryl methyl sites for hydroxylation is 1. The van der Waals surface area contributed by atoms with E-state index in [0.717, 1.165) is 30.2 Å². The van der Waals surface area contributed by atoms with Gasteiger partial charge in [0.2, 0.25) is 21.8 Å². The molecule has 3 fully saturated rings. The molecule has 33 heavy (non-hydrogen) atoms. The monoisotopic (exact) mass is 474 g/mol. The molecule has 3 aliphatic rings. The molecule has 1 aromatic carbocycles. The predicted octanol–water partition coefficient (Wildman–Crippen LogP) is 1.51. The summed E-state index contributed by atoms with van der Waals surface area (Å²) in [6.07, 6.45) is 4.51. The number of likely N-dealkylation sites (tertiary alicyclic amines) is 1. The quantitative estimate of drug-likeness (QED) is 0.502. The van der Waals surface area contributed by atoms with Gasteiger partial charge in [0.25, 0.3) is 0 Å². The van der Waals surface area contributed by atoms with Gasteiger partial charge in [0.05, 0.1) is 23.8 Å². The number of sulfonamides is 1. The number of hydrogen-bond acceptors (Lipinski definition) is 6. The van der Waals surface area contributed by atoms with E-state index < -0.39 is 27.9 Å². The lowest BCUT2D eigenvalue weighted by atomic mass is 9.80. The van der Waals surface area contributed by atoms with Crippen LogP contribution in [0.2, 0.25) is 0 Å². The summed E-state index contributed by atoms with van der Waals surface area (Å²) >= 11 is 0. The molecular weight excluding hydrogens is 444 g/mol. The molecule has 2 atom stereocenters. The molecule has 2 N–H and O–H groups in total. The molecule has 0 bridgehead atoms. The Hall–Kier alpha value is -2.48. The van der Waals surface area contributed by atoms with Gasteiger partial charge >= 0.3 is 0 Å². The van der Waals surface area contributed by atoms with Gasteiger partial charge in [-0.1, -0.05) is 6.07 Å². The highest BCUT2D eigenvalue weighted by Gasteiger charge is 2.58. The van der Waals surface area contributed by atoms with E-state index in [1.165, 1.54) is 4.31 Å². The molecule has 1 aliphatic carbocycles. The molecule has 9 nitrogen and oxygen atoms in total. The van der Waals surface area contributed by atoms with Crippen molar-refractivity contribution in [3.63, 3.8) is 0 Å². The second-order valence-corrected chi connectivity index (χ2v) is 11.8. The van der Waals surface area contributed by atoms with E-state index in [0.29, 0.717) is 37.9 Å². The number of rotatable bonds is 4. The zero-order valence-corrected chi connectivity index (χ0v) is 19.8. The van der Waals surface area contributed by atoms with Crippen molar-refractivity contribution in [2.45, 2.75) is 51.0 Å². The van der Waals surface area contributed by atoms with Gasteiger partial charge in [-0.15, -0.1) is 0 Å². The molecule has 2 heterocycles. The van der Waals surface area contributed by atoms with E-state index in [2.05, 4.69) is 6.07 Å². The van der Waals surface area contributed by atoms with Crippen molar-refractivity contribution in [1.82, 2.24) is 14.7 Å². The molecule has 1 aromatic rings. The van der Waals surface area contributed by atoms with Gasteiger partial charge < -0.3 is 4.90 Å². The highest BCUT2D eigenvalue weighted by Crippen LogP contribution is 2.55. The Morgan fingerprint density at radius 3 is 2.42 bits per heavy atom. The Bertz CT molecular complexity index is 1100. The van der Waals surface area contributed by atoms with Crippen LogP contribution in [0.4, 0.5) is 0 Å². The van der Waals surface area contributed by atoms with Crippen LogP contribution in [-0.4, -0.2) is 66.6 Å². The van der Waals surface area contributed by atoms with Crippen molar-refractivity contribution in [3.05, 3.63) is 34.9 Å². The van der Waals surface area contributed by atoms with Gasteiger partial charge in [0.1, 0.15) is 6.04 Å². The van der Waals surface area contributed by atoms with Crippen LogP contribution in [0.1, 0.15) is 54.7 Å². The second kappa shape index (κ2) is 8.70. The minimum absolute atomic E-state index is 0.234. The van der Waals surface area contributed by atoms with Gasteiger partial charge in [0, 0.05) is 19.6 Å². The average molecular weight is 475 g/mol. The maximum absolute atomic E-state index is 13.6. The normalized spacial score (nSPS) is 25.5. The summed E-state index contributed by atoms with van der Waals surface area (Å²) < 4.78 is 26.4. The van der Waals surface area contributed by atoms with E-state index in [4.69, 9.17) is 5.26 Å². The highest BCUT2D eigenvalue weighted by molar-refractivity contribution is 7.88. The molecule has 4 rings (SSSR count). The number of hydroxylamine groups is 1. The summed E-state index contributed by atoms with van der Waals surface area (Å²) in [7, 11) is -3.73. The third-order valence-corrected chi connectivity index (χ3v) is 8.77. The van der Waals surface area contributed by atoms with Gasteiger partial charge in [0.15, 0.2) is 0 Å². The SMILES string of the molecule is Cc1cc(C#N)ccc1C1CCN(C(=O)C2C(C(=O)NO)CC3(CC3)CN2S(C)(=O)=O)CC1. The maximum atomic E-state index is 13.6. The summed E-state index contributed by atoms with van der Waals surface area (Å²) in [5.41, 5.74) is 4.19. The molecule has 10 heteroatoms. The van der Waals surface area contributed by atoms with Crippen molar-refractivity contribution in [1.29, 1.82) is 5.26 Å². The van der Waals surface area contributed by atoms with Gasteiger partial charge in [-0.3, -0.25) is 14.8 Å². The summed E-state index contributed by atoms with van der Waals surface area (Å²) in [6.45, 7) is 3.12. The molecule has 2 aliphatic heterocycles. The average Bonchev–Trinajstić information content (AvgIpc) is 3.55. The highest BCUT2D eigenvalue weighted by atomic mass is 32.2. The van der Waals surface area contributed by atoms with Crippen LogP contribution < -0.4 is 5.48 Å².